The van der Waals surface area contributed by atoms with Crippen LogP contribution in [0, 0.1) is 12.3 Å². The van der Waals surface area contributed by atoms with Crippen LogP contribution >= 0.6 is 27.5 Å². The van der Waals surface area contributed by atoms with Crippen molar-refractivity contribution in [2.75, 3.05) is 13.1 Å². The first kappa shape index (κ1) is 14.6. The highest BCUT2D eigenvalue weighted by atomic mass is 79.9. The lowest BCUT2D eigenvalue weighted by Gasteiger charge is -2.18. The van der Waals surface area contributed by atoms with E-state index in [0.29, 0.717) is 4.47 Å². The van der Waals surface area contributed by atoms with Crippen LogP contribution in [0.15, 0.2) is 22.7 Å². The first-order valence-corrected chi connectivity index (χ1v) is 6.03. The second-order valence-electron chi connectivity index (χ2n) is 3.36. The molecule has 0 atom stereocenters. The molecule has 0 saturated carbocycles. The molecule has 0 saturated heterocycles. The minimum Gasteiger partial charge on any atom is -0.480 e. The lowest BCUT2D eigenvalue weighted by atomic mass is 10.2. The van der Waals surface area contributed by atoms with Crippen molar-refractivity contribution in [3.05, 3.63) is 33.3 Å². The van der Waals surface area contributed by atoms with Gasteiger partial charge in [0.15, 0.2) is 0 Å². The average molecular weight is 331 g/mol. The molecule has 0 unspecified atom stereocenters. The smallest absolute Gasteiger partial charge is 0.323 e. The van der Waals surface area contributed by atoms with Gasteiger partial charge in [-0.2, -0.15) is 0 Å². The fourth-order valence-electron chi connectivity index (χ4n) is 1.31. The summed E-state index contributed by atoms with van der Waals surface area (Å²) in [5.74, 6) is 0.598. The van der Waals surface area contributed by atoms with E-state index < -0.39 is 18.4 Å². The van der Waals surface area contributed by atoms with Crippen LogP contribution < -0.4 is 0 Å². The number of carbonyl (C=O) groups is 2. The molecular weight excluding hydrogens is 321 g/mol. The Kier molecular flexibility index (Phi) is 5.20. The van der Waals surface area contributed by atoms with E-state index in [-0.39, 0.29) is 17.1 Å². The largest absolute Gasteiger partial charge is 0.480 e. The van der Waals surface area contributed by atoms with Gasteiger partial charge in [-0.1, -0.05) is 23.6 Å². The summed E-state index contributed by atoms with van der Waals surface area (Å²) in [6.07, 6.45) is 5.11. The Morgan fingerprint density at radius 2 is 2.17 bits per heavy atom. The second kappa shape index (κ2) is 6.43. The summed E-state index contributed by atoms with van der Waals surface area (Å²) in [6.45, 7) is -0.556. The van der Waals surface area contributed by atoms with E-state index in [4.69, 9.17) is 23.1 Å². The number of benzene rings is 1. The average Bonchev–Trinajstić information content (AvgIpc) is 2.31. The summed E-state index contributed by atoms with van der Waals surface area (Å²) in [5, 5.41) is 8.96. The molecule has 0 aliphatic heterocycles. The number of rotatable bonds is 4. The monoisotopic (exact) mass is 329 g/mol. The summed E-state index contributed by atoms with van der Waals surface area (Å²) in [5.41, 5.74) is 0.211. The Morgan fingerprint density at radius 3 is 2.72 bits per heavy atom. The standard InChI is InChI=1S/C12H9BrClNO3/c1-2-6-15(7-10(16)17)12(18)8-4-3-5-9(13)11(8)14/h1,3-5H,6-7H2,(H,16,17). The lowest BCUT2D eigenvalue weighted by molar-refractivity contribution is -0.137. The molecule has 0 aromatic heterocycles. The van der Waals surface area contributed by atoms with Crippen molar-refractivity contribution >= 4 is 39.4 Å². The van der Waals surface area contributed by atoms with Crippen LogP contribution in [0.4, 0.5) is 0 Å². The van der Waals surface area contributed by atoms with E-state index in [2.05, 4.69) is 21.9 Å². The van der Waals surface area contributed by atoms with Crippen LogP contribution in [0.5, 0.6) is 0 Å². The Morgan fingerprint density at radius 1 is 1.50 bits per heavy atom. The number of amides is 1. The van der Waals surface area contributed by atoms with Crippen molar-refractivity contribution in [3.63, 3.8) is 0 Å². The lowest BCUT2D eigenvalue weighted by Crippen LogP contribution is -2.36. The van der Waals surface area contributed by atoms with Gasteiger partial charge in [0.25, 0.3) is 5.91 Å². The number of hydrogen-bond acceptors (Lipinski definition) is 2. The van der Waals surface area contributed by atoms with Gasteiger partial charge in [-0.15, -0.1) is 6.42 Å². The van der Waals surface area contributed by atoms with Crippen molar-refractivity contribution in [2.24, 2.45) is 0 Å². The molecule has 1 amide bonds. The summed E-state index contributed by atoms with van der Waals surface area (Å²) < 4.78 is 0.561. The van der Waals surface area contributed by atoms with E-state index >= 15 is 0 Å². The molecule has 0 heterocycles. The zero-order chi connectivity index (χ0) is 13.7. The molecule has 0 radical (unpaired) electrons. The fraction of sp³-hybridized carbons (Fsp3) is 0.167. The first-order valence-electron chi connectivity index (χ1n) is 4.86. The van der Waals surface area contributed by atoms with Gasteiger partial charge in [0.05, 0.1) is 17.1 Å². The Hall–Kier alpha value is -1.51. The zero-order valence-corrected chi connectivity index (χ0v) is 11.5. The highest BCUT2D eigenvalue weighted by molar-refractivity contribution is 9.10. The zero-order valence-electron chi connectivity index (χ0n) is 9.19. The maximum absolute atomic E-state index is 12.1. The first-order chi connectivity index (χ1) is 8.47. The molecule has 1 aromatic rings. The van der Waals surface area contributed by atoms with E-state index in [1.54, 1.807) is 12.1 Å². The molecule has 0 aliphatic carbocycles. The van der Waals surface area contributed by atoms with Gasteiger partial charge in [0, 0.05) is 4.47 Å². The molecular formula is C12H9BrClNO3. The highest BCUT2D eigenvalue weighted by Crippen LogP contribution is 2.26. The number of hydrogen-bond donors (Lipinski definition) is 1. The third kappa shape index (κ3) is 3.49. The number of carbonyl (C=O) groups excluding carboxylic acids is 1. The molecule has 0 fully saturated rings. The quantitative estimate of drug-likeness (QED) is 0.862. The van der Waals surface area contributed by atoms with E-state index in [0.717, 1.165) is 4.90 Å². The molecule has 0 bridgehead atoms. The topological polar surface area (TPSA) is 57.6 Å². The number of nitrogens with zero attached hydrogens (tertiary/aromatic N) is 1. The van der Waals surface area contributed by atoms with Crippen LogP contribution in [0.2, 0.25) is 5.02 Å². The number of carboxylic acid groups (broad SMARTS) is 1. The van der Waals surface area contributed by atoms with Crippen molar-refractivity contribution in [2.45, 2.75) is 0 Å². The molecule has 1 aromatic carbocycles. The minimum atomic E-state index is -1.13. The molecule has 4 nitrogen and oxygen atoms in total. The van der Waals surface area contributed by atoms with E-state index in [1.807, 2.05) is 0 Å². The second-order valence-corrected chi connectivity index (χ2v) is 4.59. The van der Waals surface area contributed by atoms with Crippen molar-refractivity contribution in [1.82, 2.24) is 4.90 Å². The molecule has 94 valence electrons. The summed E-state index contributed by atoms with van der Waals surface area (Å²) in [4.78, 5) is 23.8. The number of halogens is 2. The maximum atomic E-state index is 12.1. The molecule has 18 heavy (non-hydrogen) atoms. The van der Waals surface area contributed by atoms with E-state index in [9.17, 15) is 9.59 Å². The molecule has 0 spiro atoms. The third-order valence-corrected chi connectivity index (χ3v) is 3.37. The van der Waals surface area contributed by atoms with Crippen LogP contribution in [0.1, 0.15) is 10.4 Å². The summed E-state index contributed by atoms with van der Waals surface area (Å²) >= 11 is 9.17. The SMILES string of the molecule is C#CCN(CC(=O)O)C(=O)c1cccc(Br)c1Cl. The normalized spacial score (nSPS) is 9.61. The van der Waals surface area contributed by atoms with Crippen molar-refractivity contribution in [1.29, 1.82) is 0 Å². The van der Waals surface area contributed by atoms with Gasteiger partial charge < -0.3 is 10.0 Å². The molecule has 1 rings (SSSR count). The van der Waals surface area contributed by atoms with E-state index in [1.165, 1.54) is 6.07 Å². The molecule has 6 heteroatoms. The number of aliphatic carboxylic acids is 1. The van der Waals surface area contributed by atoms with Gasteiger partial charge in [0.2, 0.25) is 0 Å². The predicted molar refractivity (Wildman–Crippen MR) is 71.5 cm³/mol. The highest BCUT2D eigenvalue weighted by Gasteiger charge is 2.20. The van der Waals surface area contributed by atoms with Crippen LogP contribution in [-0.2, 0) is 4.79 Å². The molecule has 0 aliphatic rings. The van der Waals surface area contributed by atoms with Crippen LogP contribution in [0.25, 0.3) is 0 Å². The number of terminal acetylenes is 1. The van der Waals surface area contributed by atoms with Gasteiger partial charge in [-0.3, -0.25) is 9.59 Å². The Labute approximate surface area is 118 Å². The van der Waals surface area contributed by atoms with Crippen LogP contribution in [-0.4, -0.2) is 35.0 Å². The third-order valence-electron chi connectivity index (χ3n) is 2.08. The van der Waals surface area contributed by atoms with Gasteiger partial charge in [-0.25, -0.2) is 0 Å². The minimum absolute atomic E-state index is 0.0893. The number of carboxylic acids is 1. The summed E-state index contributed by atoms with van der Waals surface area (Å²) in [7, 11) is 0. The Balaban J connectivity index is 3.06. The van der Waals surface area contributed by atoms with Crippen LogP contribution in [0.3, 0.4) is 0 Å². The summed E-state index contributed by atoms with van der Waals surface area (Å²) in [6, 6.07) is 4.83. The maximum Gasteiger partial charge on any atom is 0.323 e. The Bertz CT molecular complexity index is 525. The predicted octanol–water partition coefficient (Wildman–Crippen LogP) is 2.26. The van der Waals surface area contributed by atoms with Crippen molar-refractivity contribution in [3.8, 4) is 12.3 Å². The fourth-order valence-corrected chi connectivity index (χ4v) is 1.89. The van der Waals surface area contributed by atoms with Gasteiger partial charge in [-0.05, 0) is 28.1 Å². The van der Waals surface area contributed by atoms with Gasteiger partial charge >= 0.3 is 5.97 Å². The van der Waals surface area contributed by atoms with Crippen molar-refractivity contribution < 1.29 is 14.7 Å². The van der Waals surface area contributed by atoms with Gasteiger partial charge in [0.1, 0.15) is 6.54 Å². The molecule has 1 N–H and O–H groups in total.